The van der Waals surface area contributed by atoms with E-state index >= 15 is 0 Å². The normalized spacial score (nSPS) is 13.7. The van der Waals surface area contributed by atoms with Crippen LogP contribution in [0, 0.1) is 5.92 Å². The Bertz CT molecular complexity index is 522. The molecule has 1 amide bonds. The third-order valence-electron chi connectivity index (χ3n) is 3.66. The molecule has 0 fully saturated rings. The Morgan fingerprint density at radius 2 is 2.10 bits per heavy atom. The van der Waals surface area contributed by atoms with E-state index in [9.17, 15) is 4.79 Å². The molecule has 0 aliphatic rings. The Morgan fingerprint density at radius 3 is 2.70 bits per heavy atom. The molecule has 1 heterocycles. The van der Waals surface area contributed by atoms with Crippen LogP contribution in [0.25, 0.3) is 0 Å². The van der Waals surface area contributed by atoms with Crippen molar-refractivity contribution in [2.45, 2.75) is 32.7 Å². The minimum absolute atomic E-state index is 0.0696. The van der Waals surface area contributed by atoms with Gasteiger partial charge in [0, 0.05) is 6.20 Å². The summed E-state index contributed by atoms with van der Waals surface area (Å²) in [5.41, 5.74) is 1.98. The first-order chi connectivity index (χ1) is 9.72. The SMILES string of the molecule is CCC(C)C(C(=O)NCc1cnc[nH]1)c1ccccc1. The fraction of sp³-hybridized carbons (Fsp3) is 0.375. The Morgan fingerprint density at radius 1 is 1.35 bits per heavy atom. The lowest BCUT2D eigenvalue weighted by atomic mass is 9.85. The third-order valence-corrected chi connectivity index (χ3v) is 3.66. The van der Waals surface area contributed by atoms with Gasteiger partial charge in [0.15, 0.2) is 0 Å². The predicted molar refractivity (Wildman–Crippen MR) is 79.1 cm³/mol. The standard InChI is InChI=1S/C16H21N3O/c1-3-12(2)15(13-7-5-4-6-8-13)16(20)18-10-14-9-17-11-19-14/h4-9,11-12,15H,3,10H2,1-2H3,(H,17,19)(H,18,20). The highest BCUT2D eigenvalue weighted by Gasteiger charge is 2.25. The van der Waals surface area contributed by atoms with E-state index in [1.165, 1.54) is 0 Å². The maximum Gasteiger partial charge on any atom is 0.228 e. The number of amides is 1. The smallest absolute Gasteiger partial charge is 0.228 e. The molecule has 0 bridgehead atoms. The van der Waals surface area contributed by atoms with Crippen molar-refractivity contribution in [3.05, 3.63) is 54.1 Å². The summed E-state index contributed by atoms with van der Waals surface area (Å²) in [6, 6.07) is 9.97. The summed E-state index contributed by atoms with van der Waals surface area (Å²) < 4.78 is 0. The van der Waals surface area contributed by atoms with Crippen molar-refractivity contribution in [1.29, 1.82) is 0 Å². The van der Waals surface area contributed by atoms with Crippen LogP contribution in [0.3, 0.4) is 0 Å². The first-order valence-electron chi connectivity index (χ1n) is 7.02. The number of benzene rings is 1. The number of nitrogens with zero attached hydrogens (tertiary/aromatic N) is 1. The van der Waals surface area contributed by atoms with Gasteiger partial charge in [0.1, 0.15) is 0 Å². The van der Waals surface area contributed by atoms with Gasteiger partial charge >= 0.3 is 0 Å². The number of nitrogens with one attached hydrogen (secondary N) is 2. The molecule has 0 radical (unpaired) electrons. The second-order valence-electron chi connectivity index (χ2n) is 5.07. The van der Waals surface area contributed by atoms with Crippen molar-refractivity contribution in [1.82, 2.24) is 15.3 Å². The third kappa shape index (κ3) is 3.47. The lowest BCUT2D eigenvalue weighted by molar-refractivity contribution is -0.123. The number of hydrogen-bond donors (Lipinski definition) is 2. The lowest BCUT2D eigenvalue weighted by Crippen LogP contribution is -2.32. The van der Waals surface area contributed by atoms with E-state index in [2.05, 4.69) is 29.1 Å². The first-order valence-corrected chi connectivity index (χ1v) is 7.02. The van der Waals surface area contributed by atoms with Gasteiger partial charge in [-0.1, -0.05) is 50.6 Å². The lowest BCUT2D eigenvalue weighted by Gasteiger charge is -2.22. The summed E-state index contributed by atoms with van der Waals surface area (Å²) in [5, 5.41) is 2.99. The molecule has 106 valence electrons. The van der Waals surface area contributed by atoms with Crippen molar-refractivity contribution in [3.8, 4) is 0 Å². The Balaban J connectivity index is 2.08. The van der Waals surface area contributed by atoms with Gasteiger partial charge in [0.25, 0.3) is 0 Å². The van der Waals surface area contributed by atoms with Crippen molar-refractivity contribution < 1.29 is 4.79 Å². The van der Waals surface area contributed by atoms with E-state index < -0.39 is 0 Å². The van der Waals surface area contributed by atoms with Crippen LogP contribution in [0.15, 0.2) is 42.9 Å². The number of imidazole rings is 1. The molecule has 0 aliphatic heterocycles. The average Bonchev–Trinajstić information content (AvgIpc) is 2.99. The quantitative estimate of drug-likeness (QED) is 0.848. The Labute approximate surface area is 119 Å². The molecule has 20 heavy (non-hydrogen) atoms. The highest BCUT2D eigenvalue weighted by Crippen LogP contribution is 2.27. The second kappa shape index (κ2) is 6.89. The number of carbonyl (C=O) groups is 1. The molecule has 2 rings (SSSR count). The van der Waals surface area contributed by atoms with Crippen LogP contribution in [0.4, 0.5) is 0 Å². The minimum atomic E-state index is -0.107. The Hall–Kier alpha value is -2.10. The van der Waals surface area contributed by atoms with Crippen LogP contribution >= 0.6 is 0 Å². The highest BCUT2D eigenvalue weighted by molar-refractivity contribution is 5.83. The van der Waals surface area contributed by atoms with E-state index in [1.54, 1.807) is 12.5 Å². The van der Waals surface area contributed by atoms with Crippen molar-refractivity contribution in [2.75, 3.05) is 0 Å². The van der Waals surface area contributed by atoms with E-state index in [1.807, 2.05) is 30.3 Å². The zero-order valence-electron chi connectivity index (χ0n) is 12.0. The molecule has 2 aromatic rings. The molecule has 2 N–H and O–H groups in total. The second-order valence-corrected chi connectivity index (χ2v) is 5.07. The van der Waals surface area contributed by atoms with Gasteiger partial charge < -0.3 is 10.3 Å². The van der Waals surface area contributed by atoms with Crippen molar-refractivity contribution >= 4 is 5.91 Å². The van der Waals surface area contributed by atoms with Gasteiger partial charge in [-0.25, -0.2) is 4.98 Å². The van der Waals surface area contributed by atoms with Crippen LogP contribution in [0.2, 0.25) is 0 Å². The summed E-state index contributed by atoms with van der Waals surface area (Å²) in [7, 11) is 0. The van der Waals surface area contributed by atoms with Crippen LogP contribution in [0.5, 0.6) is 0 Å². The number of H-pyrrole nitrogens is 1. The molecule has 2 unspecified atom stereocenters. The molecule has 1 aromatic heterocycles. The van der Waals surface area contributed by atoms with Crippen LogP contribution < -0.4 is 5.32 Å². The van der Waals surface area contributed by atoms with Gasteiger partial charge in [-0.3, -0.25) is 4.79 Å². The van der Waals surface area contributed by atoms with Crippen LogP contribution in [0.1, 0.15) is 37.4 Å². The topological polar surface area (TPSA) is 57.8 Å². The molecule has 0 aliphatic carbocycles. The maximum absolute atomic E-state index is 12.5. The fourth-order valence-electron chi connectivity index (χ4n) is 2.31. The van der Waals surface area contributed by atoms with Gasteiger partial charge in [-0.05, 0) is 11.5 Å². The predicted octanol–water partition coefficient (Wildman–Crippen LogP) is 2.86. The fourth-order valence-corrected chi connectivity index (χ4v) is 2.31. The van der Waals surface area contributed by atoms with Crippen LogP contribution in [-0.4, -0.2) is 15.9 Å². The van der Waals surface area contributed by atoms with E-state index in [4.69, 9.17) is 0 Å². The summed E-state index contributed by atoms with van der Waals surface area (Å²) >= 11 is 0. The number of hydrogen-bond acceptors (Lipinski definition) is 2. The molecule has 0 saturated heterocycles. The number of rotatable bonds is 6. The zero-order valence-corrected chi connectivity index (χ0v) is 12.0. The van der Waals surface area contributed by atoms with Gasteiger partial charge in [-0.15, -0.1) is 0 Å². The van der Waals surface area contributed by atoms with Crippen molar-refractivity contribution in [2.24, 2.45) is 5.92 Å². The number of aromatic amines is 1. The summed E-state index contributed by atoms with van der Waals surface area (Å²) in [6.07, 6.45) is 4.31. The molecule has 0 spiro atoms. The summed E-state index contributed by atoms with van der Waals surface area (Å²) in [6.45, 7) is 4.72. The molecular formula is C16H21N3O. The summed E-state index contributed by atoms with van der Waals surface area (Å²) in [5.74, 6) is 0.267. The van der Waals surface area contributed by atoms with E-state index in [-0.39, 0.29) is 11.8 Å². The zero-order chi connectivity index (χ0) is 14.4. The molecule has 4 heteroatoms. The number of aromatic nitrogens is 2. The summed E-state index contributed by atoms with van der Waals surface area (Å²) in [4.78, 5) is 19.4. The molecule has 0 saturated carbocycles. The van der Waals surface area contributed by atoms with Gasteiger partial charge in [0.05, 0.1) is 24.5 Å². The largest absolute Gasteiger partial charge is 0.350 e. The monoisotopic (exact) mass is 271 g/mol. The molecular weight excluding hydrogens is 250 g/mol. The average molecular weight is 271 g/mol. The highest BCUT2D eigenvalue weighted by atomic mass is 16.1. The molecule has 1 aromatic carbocycles. The van der Waals surface area contributed by atoms with E-state index in [0.29, 0.717) is 12.5 Å². The maximum atomic E-state index is 12.5. The van der Waals surface area contributed by atoms with Crippen LogP contribution in [-0.2, 0) is 11.3 Å². The Kier molecular flexibility index (Phi) is 4.93. The first kappa shape index (κ1) is 14.3. The number of carbonyl (C=O) groups excluding carboxylic acids is 1. The minimum Gasteiger partial charge on any atom is -0.350 e. The van der Waals surface area contributed by atoms with Crippen molar-refractivity contribution in [3.63, 3.8) is 0 Å². The van der Waals surface area contributed by atoms with Gasteiger partial charge in [-0.2, -0.15) is 0 Å². The molecule has 4 nitrogen and oxygen atoms in total. The molecule has 2 atom stereocenters. The van der Waals surface area contributed by atoms with Gasteiger partial charge in [0.2, 0.25) is 5.91 Å². The van der Waals surface area contributed by atoms with E-state index in [0.717, 1.165) is 17.7 Å².